The number of aromatic nitrogens is 4. The normalized spacial score (nSPS) is 15.4. The highest BCUT2D eigenvalue weighted by atomic mass is 32.2. The lowest BCUT2D eigenvalue weighted by atomic mass is 10.1. The van der Waals surface area contributed by atoms with Crippen LogP contribution in [0.5, 0.6) is 0 Å². The molecule has 0 amide bonds. The molecule has 4 rings (SSSR count). The van der Waals surface area contributed by atoms with Gasteiger partial charge in [0.2, 0.25) is 16.0 Å². The Morgan fingerprint density at radius 2 is 1.70 bits per heavy atom. The van der Waals surface area contributed by atoms with Crippen molar-refractivity contribution in [3.05, 3.63) is 41.6 Å². The molecule has 1 aliphatic rings. The van der Waals surface area contributed by atoms with Crippen molar-refractivity contribution in [2.45, 2.75) is 45.6 Å². The van der Waals surface area contributed by atoms with Gasteiger partial charge in [-0.2, -0.15) is 0 Å². The summed E-state index contributed by atoms with van der Waals surface area (Å²) in [5.41, 5.74) is 4.20. The molecule has 1 fully saturated rings. The summed E-state index contributed by atoms with van der Waals surface area (Å²) in [6.07, 6.45) is 5.24. The summed E-state index contributed by atoms with van der Waals surface area (Å²) in [5.74, 6) is -0.198. The Bertz CT molecular complexity index is 1240. The van der Waals surface area contributed by atoms with Crippen LogP contribution in [-0.4, -0.2) is 58.0 Å². The van der Waals surface area contributed by atoms with Gasteiger partial charge in [-0.15, -0.1) is 0 Å². The van der Waals surface area contributed by atoms with E-state index < -0.39 is 15.8 Å². The largest absolute Gasteiger partial charge is 0.351 e. The Labute approximate surface area is 193 Å². The predicted octanol–water partition coefficient (Wildman–Crippen LogP) is 3.35. The van der Waals surface area contributed by atoms with Gasteiger partial charge >= 0.3 is 0 Å². The molecule has 0 saturated carbocycles. The van der Waals surface area contributed by atoms with Crippen LogP contribution in [0.4, 0.5) is 10.3 Å². The molecule has 33 heavy (non-hydrogen) atoms. The predicted molar refractivity (Wildman–Crippen MR) is 127 cm³/mol. The highest BCUT2D eigenvalue weighted by Gasteiger charge is 2.25. The van der Waals surface area contributed by atoms with Gasteiger partial charge in [0.25, 0.3) is 0 Å². The smallest absolute Gasteiger partial charge is 0.223 e. The van der Waals surface area contributed by atoms with Crippen molar-refractivity contribution in [2.75, 3.05) is 24.7 Å². The Balaban J connectivity index is 0.00000306. The number of halogens is 1. The number of piperidine rings is 1. The van der Waals surface area contributed by atoms with Crippen LogP contribution in [0.2, 0.25) is 0 Å². The van der Waals surface area contributed by atoms with Crippen LogP contribution in [0.1, 0.15) is 38.1 Å². The first-order valence-corrected chi connectivity index (χ1v) is 12.7. The van der Waals surface area contributed by atoms with Crippen molar-refractivity contribution in [3.8, 4) is 11.3 Å². The first-order valence-electron chi connectivity index (χ1n) is 10.8. The third kappa shape index (κ3) is 5.43. The second kappa shape index (κ2) is 10.0. The van der Waals surface area contributed by atoms with Crippen molar-refractivity contribution in [1.29, 1.82) is 0 Å². The minimum absolute atomic E-state index is 0. The van der Waals surface area contributed by atoms with Crippen LogP contribution < -0.4 is 11.5 Å². The second-order valence-corrected chi connectivity index (χ2v) is 9.98. The van der Waals surface area contributed by atoms with Gasteiger partial charge in [-0.25, -0.2) is 37.0 Å². The van der Waals surface area contributed by atoms with Gasteiger partial charge in [-0.05, 0) is 37.8 Å². The second-order valence-electron chi connectivity index (χ2n) is 8.00. The number of anilines is 1. The maximum atomic E-state index is 14.6. The molecular weight excluding hydrogens is 445 g/mol. The third-order valence-electron chi connectivity index (χ3n) is 5.76. The molecule has 178 valence electrons. The van der Waals surface area contributed by atoms with Crippen LogP contribution in [0.3, 0.4) is 0 Å². The summed E-state index contributed by atoms with van der Waals surface area (Å²) in [6, 6.07) is 5.46. The van der Waals surface area contributed by atoms with Crippen molar-refractivity contribution < 1.29 is 12.8 Å². The lowest BCUT2D eigenvalue weighted by Gasteiger charge is -2.30. The quantitative estimate of drug-likeness (QED) is 0.554. The van der Waals surface area contributed by atoms with Crippen LogP contribution in [0.25, 0.3) is 22.3 Å². The molecule has 9 nitrogen and oxygen atoms in total. The van der Waals surface area contributed by atoms with Gasteiger partial charge in [0.1, 0.15) is 5.69 Å². The molecule has 2 aromatic heterocycles. The average molecular weight is 476 g/mol. The summed E-state index contributed by atoms with van der Waals surface area (Å²) in [4.78, 5) is 17.9. The molecular formula is C22H30FN7O2S. The SMILES string of the molecule is CCc1nc2ccc(-c3nc(NC4CCN(S(C)(=O)=O)CC4)ncc3F)cc2nc1CC.N. The molecule has 1 saturated heterocycles. The van der Waals surface area contributed by atoms with Gasteiger partial charge in [0, 0.05) is 24.7 Å². The number of sulfonamides is 1. The number of hydrogen-bond donors (Lipinski definition) is 2. The standard InChI is InChI=1S/C22H27FN6O2S.H3N/c1-4-17-18(5-2)27-20-12-14(6-7-19(20)26-17)21-16(23)13-24-22(28-21)25-15-8-10-29(11-9-15)32(3,30)31;/h6-7,12-13,15H,4-5,8-11H2,1-3H3,(H,24,25,28);1H3. The van der Waals surface area contributed by atoms with Crippen LogP contribution in [-0.2, 0) is 22.9 Å². The first kappa shape index (κ1) is 24.9. The molecule has 3 aromatic rings. The van der Waals surface area contributed by atoms with E-state index in [0.29, 0.717) is 43.0 Å². The van der Waals surface area contributed by atoms with E-state index in [1.54, 1.807) is 12.1 Å². The number of nitrogens with one attached hydrogen (secondary N) is 1. The van der Waals surface area contributed by atoms with E-state index >= 15 is 0 Å². The van der Waals surface area contributed by atoms with E-state index in [1.165, 1.54) is 10.6 Å². The molecule has 0 unspecified atom stereocenters. The molecule has 0 aliphatic carbocycles. The highest BCUT2D eigenvalue weighted by Crippen LogP contribution is 2.26. The van der Waals surface area contributed by atoms with Gasteiger partial charge in [-0.3, -0.25) is 0 Å². The van der Waals surface area contributed by atoms with E-state index in [2.05, 4.69) is 22.2 Å². The molecule has 11 heteroatoms. The van der Waals surface area contributed by atoms with E-state index in [4.69, 9.17) is 9.97 Å². The van der Waals surface area contributed by atoms with Crippen molar-refractivity contribution in [1.82, 2.24) is 30.4 Å². The van der Waals surface area contributed by atoms with E-state index in [9.17, 15) is 12.8 Å². The van der Waals surface area contributed by atoms with Crippen LogP contribution >= 0.6 is 0 Å². The zero-order valence-electron chi connectivity index (χ0n) is 19.2. The van der Waals surface area contributed by atoms with Crippen LogP contribution in [0.15, 0.2) is 24.4 Å². The van der Waals surface area contributed by atoms with E-state index in [1.807, 2.05) is 13.0 Å². The number of benzene rings is 1. The zero-order valence-corrected chi connectivity index (χ0v) is 20.0. The third-order valence-corrected chi connectivity index (χ3v) is 7.07. The number of aryl methyl sites for hydroxylation is 2. The Morgan fingerprint density at radius 1 is 1.06 bits per heavy atom. The van der Waals surface area contributed by atoms with Gasteiger partial charge in [0.05, 0.1) is 34.9 Å². The summed E-state index contributed by atoms with van der Waals surface area (Å²) in [5, 5.41) is 3.22. The minimum Gasteiger partial charge on any atom is -0.351 e. The fraction of sp³-hybridized carbons (Fsp3) is 0.455. The molecule has 0 atom stereocenters. The zero-order chi connectivity index (χ0) is 22.9. The minimum atomic E-state index is -3.18. The maximum absolute atomic E-state index is 14.6. The number of rotatable bonds is 6. The number of hydrogen-bond acceptors (Lipinski definition) is 8. The lowest BCUT2D eigenvalue weighted by molar-refractivity contribution is 0.331. The topological polar surface area (TPSA) is 136 Å². The molecule has 0 bridgehead atoms. The number of nitrogens with zero attached hydrogens (tertiary/aromatic N) is 5. The van der Waals surface area contributed by atoms with E-state index in [0.717, 1.165) is 35.9 Å². The van der Waals surface area contributed by atoms with Crippen molar-refractivity contribution in [2.24, 2.45) is 0 Å². The Hall–Kier alpha value is -2.76. The molecule has 1 aromatic carbocycles. The van der Waals surface area contributed by atoms with Gasteiger partial charge in [-0.1, -0.05) is 19.9 Å². The molecule has 0 radical (unpaired) electrons. The molecule has 0 spiro atoms. The molecule has 4 N–H and O–H groups in total. The summed E-state index contributed by atoms with van der Waals surface area (Å²) in [6.45, 7) is 4.97. The number of fused-ring (bicyclic) bond motifs is 1. The van der Waals surface area contributed by atoms with Crippen molar-refractivity contribution >= 4 is 27.0 Å². The highest BCUT2D eigenvalue weighted by molar-refractivity contribution is 7.88. The van der Waals surface area contributed by atoms with Crippen LogP contribution in [0, 0.1) is 5.82 Å². The molecule has 3 heterocycles. The summed E-state index contributed by atoms with van der Waals surface area (Å²) < 4.78 is 39.5. The van der Waals surface area contributed by atoms with Crippen molar-refractivity contribution in [3.63, 3.8) is 0 Å². The van der Waals surface area contributed by atoms with Gasteiger partial charge < -0.3 is 11.5 Å². The first-order chi connectivity index (χ1) is 15.3. The Morgan fingerprint density at radius 3 is 2.30 bits per heavy atom. The fourth-order valence-electron chi connectivity index (χ4n) is 3.99. The molecule has 1 aliphatic heterocycles. The van der Waals surface area contributed by atoms with E-state index in [-0.39, 0.29) is 17.9 Å². The fourth-order valence-corrected chi connectivity index (χ4v) is 4.87. The monoisotopic (exact) mass is 475 g/mol. The van der Waals surface area contributed by atoms with Gasteiger partial charge in [0.15, 0.2) is 5.82 Å². The summed E-state index contributed by atoms with van der Waals surface area (Å²) >= 11 is 0. The Kier molecular flexibility index (Phi) is 7.55. The maximum Gasteiger partial charge on any atom is 0.223 e. The lowest BCUT2D eigenvalue weighted by Crippen LogP contribution is -2.42. The summed E-state index contributed by atoms with van der Waals surface area (Å²) in [7, 11) is -3.18. The average Bonchev–Trinajstić information content (AvgIpc) is 2.78.